The number of hydrogen-bond acceptors (Lipinski definition) is 2. The second kappa shape index (κ2) is 6.42. The van der Waals surface area contributed by atoms with Crippen LogP contribution in [0.1, 0.15) is 34.8 Å². The molecular weight excluding hydrogens is 365 g/mol. The third kappa shape index (κ3) is 2.64. The van der Waals surface area contributed by atoms with E-state index >= 15 is 0 Å². The highest BCUT2D eigenvalue weighted by atomic mass is 19.1. The highest BCUT2D eigenvalue weighted by Gasteiger charge is 2.54. The van der Waals surface area contributed by atoms with Gasteiger partial charge in [0.15, 0.2) is 0 Å². The van der Waals surface area contributed by atoms with Crippen LogP contribution in [0.2, 0.25) is 0 Å². The Morgan fingerprint density at radius 3 is 2.52 bits per heavy atom. The average molecular weight is 389 g/mol. The molecule has 29 heavy (non-hydrogen) atoms. The number of halogens is 1. The summed E-state index contributed by atoms with van der Waals surface area (Å²) in [6.07, 6.45) is 2.32. The zero-order chi connectivity index (χ0) is 19.5. The Balaban J connectivity index is 1.39. The van der Waals surface area contributed by atoms with Gasteiger partial charge in [0.05, 0.1) is 6.04 Å². The van der Waals surface area contributed by atoms with Crippen LogP contribution < -0.4 is 0 Å². The summed E-state index contributed by atoms with van der Waals surface area (Å²) >= 11 is 0. The van der Waals surface area contributed by atoms with Crippen molar-refractivity contribution < 1.29 is 9.18 Å². The van der Waals surface area contributed by atoms with Gasteiger partial charge in [-0.15, -0.1) is 0 Å². The molecule has 7 rings (SSSR count). The van der Waals surface area contributed by atoms with Crippen LogP contribution in [0, 0.1) is 11.7 Å². The van der Waals surface area contributed by atoms with E-state index in [9.17, 15) is 9.18 Å². The normalized spacial score (nSPS) is 30.7. The fraction of sp³-hybridized carbons (Fsp3) is 0.375. The molecule has 3 atom stereocenters. The molecule has 0 spiro atoms. The number of aromatic amines is 1. The topological polar surface area (TPSA) is 39.3 Å². The zero-order valence-electron chi connectivity index (χ0n) is 16.2. The maximum absolute atomic E-state index is 13.6. The molecule has 2 bridgehead atoms. The molecule has 0 radical (unpaired) electrons. The monoisotopic (exact) mass is 389 g/mol. The number of aromatic nitrogens is 1. The lowest BCUT2D eigenvalue weighted by molar-refractivity contribution is -0.00355. The van der Waals surface area contributed by atoms with Crippen LogP contribution in [0.25, 0.3) is 10.9 Å². The van der Waals surface area contributed by atoms with Gasteiger partial charge in [0.25, 0.3) is 5.91 Å². The summed E-state index contributed by atoms with van der Waals surface area (Å²) in [6.45, 7) is 2.91. The number of carbonyl (C=O) groups excluding carboxylic acids is 1. The molecule has 4 fully saturated rings. The first-order chi connectivity index (χ1) is 14.2. The number of rotatable bonds is 2. The van der Waals surface area contributed by atoms with Gasteiger partial charge in [-0.05, 0) is 61.7 Å². The number of likely N-dealkylation sites (tertiary alicyclic amines) is 1. The lowest BCUT2D eigenvalue weighted by atomic mass is 9.75. The molecule has 1 aromatic heterocycles. The van der Waals surface area contributed by atoms with Crippen LogP contribution >= 0.6 is 0 Å². The maximum atomic E-state index is 13.6. The molecule has 148 valence electrons. The Morgan fingerprint density at radius 1 is 1.00 bits per heavy atom. The number of amides is 1. The Morgan fingerprint density at radius 2 is 1.76 bits per heavy atom. The summed E-state index contributed by atoms with van der Waals surface area (Å²) in [5.74, 6) is 0.676. The lowest BCUT2D eigenvalue weighted by Gasteiger charge is -2.51. The van der Waals surface area contributed by atoms with Crippen molar-refractivity contribution >= 4 is 16.8 Å². The standard InChI is InChI=1S/C24H24FN3O/c25-18-7-5-15(6-8-18)19-14-28(22-16-9-11-27(12-10-16)23(19)22)24(29)21-13-17-3-1-2-4-20(17)26-21/h1-8,13,16,19,22-23,26H,9-12,14H2/t19-,22+,23+/m1/s1. The quantitative estimate of drug-likeness (QED) is 0.719. The van der Waals surface area contributed by atoms with Crippen molar-refractivity contribution in [3.05, 3.63) is 71.7 Å². The molecule has 0 unspecified atom stereocenters. The summed E-state index contributed by atoms with van der Waals surface area (Å²) in [7, 11) is 0. The number of H-pyrrole nitrogens is 1. The third-order valence-corrected chi connectivity index (χ3v) is 7.31. The largest absolute Gasteiger partial charge is 0.351 e. The van der Waals surface area contributed by atoms with Crippen LogP contribution in [0.3, 0.4) is 0 Å². The summed E-state index contributed by atoms with van der Waals surface area (Å²) < 4.78 is 13.5. The molecular formula is C24H24FN3O. The van der Waals surface area contributed by atoms with Crippen molar-refractivity contribution in [2.75, 3.05) is 19.6 Å². The van der Waals surface area contributed by atoms with E-state index in [4.69, 9.17) is 0 Å². The molecule has 4 aliphatic rings. The second-order valence-corrected chi connectivity index (χ2v) is 8.74. The van der Waals surface area contributed by atoms with E-state index < -0.39 is 0 Å². The van der Waals surface area contributed by atoms with Crippen molar-refractivity contribution in [3.8, 4) is 0 Å². The van der Waals surface area contributed by atoms with Gasteiger partial charge >= 0.3 is 0 Å². The molecule has 5 heterocycles. The number of para-hydroxylation sites is 1. The maximum Gasteiger partial charge on any atom is 0.270 e. The number of fused-ring (bicyclic) bond motifs is 3. The van der Waals surface area contributed by atoms with Gasteiger partial charge in [-0.3, -0.25) is 9.69 Å². The van der Waals surface area contributed by atoms with Gasteiger partial charge in [-0.25, -0.2) is 4.39 Å². The minimum Gasteiger partial charge on any atom is -0.351 e. The molecule has 4 saturated heterocycles. The molecule has 3 aromatic rings. The van der Waals surface area contributed by atoms with Gasteiger partial charge in [0.2, 0.25) is 0 Å². The van der Waals surface area contributed by atoms with Crippen LogP contribution in [0.15, 0.2) is 54.6 Å². The van der Waals surface area contributed by atoms with Gasteiger partial charge in [0, 0.05) is 29.4 Å². The van der Waals surface area contributed by atoms with Crippen molar-refractivity contribution in [2.24, 2.45) is 5.92 Å². The number of hydrogen-bond donors (Lipinski definition) is 1. The van der Waals surface area contributed by atoms with Crippen LogP contribution in [-0.2, 0) is 0 Å². The lowest BCUT2D eigenvalue weighted by Crippen LogP contribution is -2.60. The molecule has 4 nitrogen and oxygen atoms in total. The van der Waals surface area contributed by atoms with E-state index in [1.165, 1.54) is 0 Å². The Bertz CT molecular complexity index is 1030. The minimum atomic E-state index is -0.209. The van der Waals surface area contributed by atoms with Crippen LogP contribution in [0.4, 0.5) is 4.39 Å². The smallest absolute Gasteiger partial charge is 0.270 e. The van der Waals surface area contributed by atoms with Crippen LogP contribution in [-0.4, -0.2) is 52.4 Å². The van der Waals surface area contributed by atoms with E-state index in [0.29, 0.717) is 24.2 Å². The predicted octanol–water partition coefficient (Wildman–Crippen LogP) is 4.01. The molecule has 1 N–H and O–H groups in total. The summed E-state index contributed by atoms with van der Waals surface area (Å²) in [6, 6.07) is 17.5. The van der Waals surface area contributed by atoms with Gasteiger partial charge < -0.3 is 9.88 Å². The first kappa shape index (κ1) is 17.2. The van der Waals surface area contributed by atoms with Gasteiger partial charge in [-0.1, -0.05) is 30.3 Å². The number of benzene rings is 2. The van der Waals surface area contributed by atoms with E-state index in [1.54, 1.807) is 12.1 Å². The third-order valence-electron chi connectivity index (χ3n) is 7.31. The molecule has 4 aliphatic heterocycles. The zero-order valence-corrected chi connectivity index (χ0v) is 16.2. The highest BCUT2D eigenvalue weighted by molar-refractivity contribution is 5.98. The number of nitrogens with one attached hydrogen (secondary N) is 1. The fourth-order valence-electron chi connectivity index (χ4n) is 6.00. The molecule has 5 heteroatoms. The van der Waals surface area contributed by atoms with Crippen molar-refractivity contribution in [2.45, 2.75) is 30.8 Å². The minimum absolute atomic E-state index is 0.0922. The average Bonchev–Trinajstić information content (AvgIpc) is 3.38. The SMILES string of the molecule is O=C(c1cc2ccccc2[nH]1)N1C[C@H](c2ccc(F)cc2)[C@H]2[C@@H]1C1CCN2CC1. The van der Waals surface area contributed by atoms with E-state index in [1.807, 2.05) is 42.5 Å². The first-order valence-corrected chi connectivity index (χ1v) is 10.6. The van der Waals surface area contributed by atoms with Crippen molar-refractivity contribution in [1.82, 2.24) is 14.8 Å². The Labute approximate surface area is 169 Å². The van der Waals surface area contributed by atoms with E-state index in [-0.39, 0.29) is 23.7 Å². The number of carbonyl (C=O) groups is 1. The summed E-state index contributed by atoms with van der Waals surface area (Å²) in [4.78, 5) is 21.6. The van der Waals surface area contributed by atoms with Gasteiger partial charge in [0.1, 0.15) is 11.5 Å². The highest BCUT2D eigenvalue weighted by Crippen LogP contribution is 2.47. The number of piperidine rings is 3. The Kier molecular flexibility index (Phi) is 3.81. The molecule has 1 amide bonds. The fourth-order valence-corrected chi connectivity index (χ4v) is 6.00. The summed E-state index contributed by atoms with van der Waals surface area (Å²) in [5, 5.41) is 1.07. The van der Waals surface area contributed by atoms with E-state index in [0.717, 1.165) is 42.4 Å². The second-order valence-electron chi connectivity index (χ2n) is 8.74. The van der Waals surface area contributed by atoms with Gasteiger partial charge in [-0.2, -0.15) is 0 Å². The Hall–Kier alpha value is -2.66. The van der Waals surface area contributed by atoms with Crippen LogP contribution in [0.5, 0.6) is 0 Å². The first-order valence-electron chi connectivity index (χ1n) is 10.6. The predicted molar refractivity (Wildman–Crippen MR) is 110 cm³/mol. The number of nitrogens with zero attached hydrogens (tertiary/aromatic N) is 2. The molecule has 0 aliphatic carbocycles. The van der Waals surface area contributed by atoms with Crippen molar-refractivity contribution in [3.63, 3.8) is 0 Å². The van der Waals surface area contributed by atoms with E-state index in [2.05, 4.69) is 14.8 Å². The molecule has 0 saturated carbocycles. The molecule has 2 aromatic carbocycles. The van der Waals surface area contributed by atoms with Crippen molar-refractivity contribution in [1.29, 1.82) is 0 Å². The summed E-state index contributed by atoms with van der Waals surface area (Å²) in [5.41, 5.74) is 2.80.